The molecule has 0 atom stereocenters. The Morgan fingerprint density at radius 2 is 1.13 bits per heavy atom. The van der Waals surface area contributed by atoms with Crippen molar-refractivity contribution in [1.82, 2.24) is 19.9 Å². The molecule has 4 heterocycles. The van der Waals surface area contributed by atoms with Crippen LogP contribution in [-0.2, 0) is 0 Å². The van der Waals surface area contributed by atoms with Crippen molar-refractivity contribution in [2.75, 3.05) is 0 Å². The molecule has 0 saturated carbocycles. The lowest BCUT2D eigenvalue weighted by molar-refractivity contribution is 0.492. The van der Waals surface area contributed by atoms with E-state index in [0.29, 0.717) is 5.82 Å². The maximum Gasteiger partial charge on any atom is 0.160 e. The fraction of sp³-hybridized carbons (Fsp3) is 0. The first-order valence-corrected chi connectivity index (χ1v) is 18.3. The molecule has 5 nitrogen and oxygen atoms in total. The van der Waals surface area contributed by atoms with Crippen molar-refractivity contribution in [3.8, 4) is 78.9 Å². The van der Waals surface area contributed by atoms with Crippen molar-refractivity contribution in [1.29, 1.82) is 0 Å². The van der Waals surface area contributed by atoms with Crippen LogP contribution in [0, 0.1) is 0 Å². The monoisotopic (exact) mass is 704 g/mol. The van der Waals surface area contributed by atoms with E-state index in [0.717, 1.165) is 95.0 Å². The van der Waals surface area contributed by atoms with Gasteiger partial charge in [0.1, 0.15) is 11.5 Å². The largest absolute Gasteiger partial charge is 0.455 e. The van der Waals surface area contributed by atoms with Crippen LogP contribution in [0.15, 0.2) is 182 Å². The highest BCUT2D eigenvalue weighted by Gasteiger charge is 2.20. The summed E-state index contributed by atoms with van der Waals surface area (Å²) >= 11 is 0. The van der Waals surface area contributed by atoms with E-state index in [1.54, 1.807) is 6.20 Å². The SMILES string of the molecule is C1=Cc2ccc(-c3cc(-c4ccc(-c5cccnc5)nc4)nc(-c4ccccc4)n3)cc2-c2ccc3ccccc3c2Oc2ccccc2-c2ccccc21. The highest BCUT2D eigenvalue weighted by molar-refractivity contribution is 5.99. The summed E-state index contributed by atoms with van der Waals surface area (Å²) in [6, 6.07) is 56.3. The van der Waals surface area contributed by atoms with E-state index >= 15 is 0 Å². The van der Waals surface area contributed by atoms with E-state index in [4.69, 9.17) is 19.7 Å². The standard InChI is InChI=1S/C50H32N4O/c1-2-13-36(14-3-1)50-53-46(30-47(54-50)39-25-27-45(52-32-39)38-15-10-28-51-31-38)37-23-22-35-21-20-33-11-4-6-16-40(33)42-18-8-9-19-48(42)55-49-41-17-7-5-12-34(41)24-26-43(49)44(35)29-37/h1-32H. The minimum atomic E-state index is 0.642. The Labute approximate surface area is 319 Å². The number of aromatic nitrogens is 4. The van der Waals surface area contributed by atoms with Gasteiger partial charge in [0.25, 0.3) is 0 Å². The molecular formula is C50H32N4O. The number of hydrogen-bond acceptors (Lipinski definition) is 5. The minimum Gasteiger partial charge on any atom is -0.455 e. The minimum absolute atomic E-state index is 0.642. The van der Waals surface area contributed by atoms with Gasteiger partial charge in [-0.1, -0.05) is 127 Å². The first-order chi connectivity index (χ1) is 27.2. The molecule has 9 aromatic rings. The first-order valence-electron chi connectivity index (χ1n) is 18.3. The average molecular weight is 705 g/mol. The van der Waals surface area contributed by atoms with Gasteiger partial charge in [-0.15, -0.1) is 0 Å². The van der Waals surface area contributed by atoms with Gasteiger partial charge in [0.05, 0.1) is 17.1 Å². The highest BCUT2D eigenvalue weighted by atomic mass is 16.5. The number of para-hydroxylation sites is 1. The zero-order valence-electron chi connectivity index (χ0n) is 29.7. The van der Waals surface area contributed by atoms with Crippen LogP contribution in [-0.4, -0.2) is 19.9 Å². The summed E-state index contributed by atoms with van der Waals surface area (Å²) in [5.41, 5.74) is 12.6. The van der Waals surface area contributed by atoms with Crippen molar-refractivity contribution in [2.24, 2.45) is 0 Å². The van der Waals surface area contributed by atoms with Crippen LogP contribution in [0.3, 0.4) is 0 Å². The summed E-state index contributed by atoms with van der Waals surface area (Å²) in [5, 5.41) is 2.15. The van der Waals surface area contributed by atoms with Crippen LogP contribution in [0.4, 0.5) is 0 Å². The molecule has 0 radical (unpaired) electrons. The van der Waals surface area contributed by atoms with Crippen LogP contribution >= 0.6 is 0 Å². The second kappa shape index (κ2) is 13.8. The third kappa shape index (κ3) is 6.14. The summed E-state index contributed by atoms with van der Waals surface area (Å²) < 4.78 is 7.08. The molecule has 0 bridgehead atoms. The Morgan fingerprint density at radius 3 is 1.96 bits per heavy atom. The van der Waals surface area contributed by atoms with Crippen molar-refractivity contribution >= 4 is 22.9 Å². The number of nitrogens with zero attached hydrogens (tertiary/aromatic N) is 4. The highest BCUT2D eigenvalue weighted by Crippen LogP contribution is 2.45. The normalized spacial score (nSPS) is 11.7. The van der Waals surface area contributed by atoms with Gasteiger partial charge in [0.15, 0.2) is 5.82 Å². The molecule has 3 aromatic heterocycles. The number of pyridine rings is 2. The van der Waals surface area contributed by atoms with Crippen molar-refractivity contribution in [2.45, 2.75) is 0 Å². The van der Waals surface area contributed by atoms with Crippen LogP contribution in [0.1, 0.15) is 11.1 Å². The van der Waals surface area contributed by atoms with E-state index in [2.05, 4.69) is 126 Å². The number of fused-ring (bicyclic) bond motifs is 8. The summed E-state index contributed by atoms with van der Waals surface area (Å²) in [6.45, 7) is 0. The van der Waals surface area contributed by atoms with Crippen LogP contribution in [0.25, 0.3) is 90.3 Å². The summed E-state index contributed by atoms with van der Waals surface area (Å²) in [4.78, 5) is 19.3. The molecule has 10 rings (SSSR count). The zero-order valence-corrected chi connectivity index (χ0v) is 29.7. The van der Waals surface area contributed by atoms with Crippen molar-refractivity contribution < 1.29 is 4.74 Å². The topological polar surface area (TPSA) is 60.8 Å². The van der Waals surface area contributed by atoms with Gasteiger partial charge in [-0.2, -0.15) is 0 Å². The van der Waals surface area contributed by atoms with Crippen LogP contribution in [0.2, 0.25) is 0 Å². The van der Waals surface area contributed by atoms with E-state index in [9.17, 15) is 0 Å². The van der Waals surface area contributed by atoms with Crippen LogP contribution < -0.4 is 4.74 Å². The molecule has 55 heavy (non-hydrogen) atoms. The average Bonchev–Trinajstić information content (AvgIpc) is 3.28. The van der Waals surface area contributed by atoms with E-state index in [1.807, 2.05) is 67.0 Å². The number of hydrogen-bond donors (Lipinski definition) is 0. The molecule has 1 aliphatic heterocycles. The molecule has 0 unspecified atom stereocenters. The number of ether oxygens (including phenoxy) is 1. The smallest absolute Gasteiger partial charge is 0.160 e. The number of rotatable bonds is 4. The van der Waals surface area contributed by atoms with Gasteiger partial charge >= 0.3 is 0 Å². The number of benzene rings is 6. The Kier molecular flexibility index (Phi) is 8.08. The predicted octanol–water partition coefficient (Wildman–Crippen LogP) is 12.7. The van der Waals surface area contributed by atoms with Gasteiger partial charge in [-0.05, 0) is 76.2 Å². The zero-order chi connectivity index (χ0) is 36.6. The molecule has 0 amide bonds. The molecule has 0 saturated heterocycles. The second-order valence-electron chi connectivity index (χ2n) is 13.5. The molecule has 6 aromatic carbocycles. The molecule has 0 spiro atoms. The fourth-order valence-corrected chi connectivity index (χ4v) is 7.30. The van der Waals surface area contributed by atoms with Crippen LogP contribution in [0.5, 0.6) is 11.5 Å². The Balaban J connectivity index is 1.18. The maximum absolute atomic E-state index is 7.08. The lowest BCUT2D eigenvalue weighted by Gasteiger charge is -2.18. The summed E-state index contributed by atoms with van der Waals surface area (Å²) in [7, 11) is 0. The van der Waals surface area contributed by atoms with Gasteiger partial charge in [0.2, 0.25) is 0 Å². The Morgan fingerprint density at radius 1 is 0.418 bits per heavy atom. The summed E-state index contributed by atoms with van der Waals surface area (Å²) in [5.74, 6) is 2.25. The van der Waals surface area contributed by atoms with Gasteiger partial charge in [0, 0.05) is 57.4 Å². The molecular weight excluding hydrogens is 673 g/mol. The van der Waals surface area contributed by atoms with E-state index in [-0.39, 0.29) is 0 Å². The third-order valence-corrected chi connectivity index (χ3v) is 10.1. The molecule has 0 fully saturated rings. The van der Waals surface area contributed by atoms with Gasteiger partial charge in [-0.25, -0.2) is 9.97 Å². The van der Waals surface area contributed by atoms with E-state index in [1.165, 1.54) is 0 Å². The lowest BCUT2D eigenvalue weighted by Crippen LogP contribution is -1.97. The molecule has 258 valence electrons. The van der Waals surface area contributed by atoms with Crippen molar-refractivity contribution in [3.05, 3.63) is 194 Å². The quantitative estimate of drug-likeness (QED) is 0.182. The first kappa shape index (κ1) is 32.2. The fourth-order valence-electron chi connectivity index (χ4n) is 7.30. The maximum atomic E-state index is 7.08. The lowest BCUT2D eigenvalue weighted by atomic mass is 9.92. The predicted molar refractivity (Wildman–Crippen MR) is 223 cm³/mol. The van der Waals surface area contributed by atoms with Crippen molar-refractivity contribution in [3.63, 3.8) is 0 Å². The van der Waals surface area contributed by atoms with Gasteiger partial charge in [-0.3, -0.25) is 9.97 Å². The molecule has 0 N–H and O–H groups in total. The van der Waals surface area contributed by atoms with Gasteiger partial charge < -0.3 is 4.74 Å². The van der Waals surface area contributed by atoms with E-state index < -0.39 is 0 Å². The third-order valence-electron chi connectivity index (χ3n) is 10.1. The molecule has 1 aliphatic rings. The molecule has 0 aliphatic carbocycles. The summed E-state index contributed by atoms with van der Waals surface area (Å²) in [6.07, 6.45) is 9.87. The Bertz CT molecular complexity index is 2890. The second-order valence-corrected chi connectivity index (χ2v) is 13.5. The molecule has 5 heteroatoms. The Hall–Kier alpha value is -7.50.